The third-order valence-electron chi connectivity index (χ3n) is 2.84. The molecule has 2 rings (SSSR count). The molecular weight excluding hydrogens is 286 g/mol. The van der Waals surface area contributed by atoms with Crippen LogP contribution in [0.15, 0.2) is 48.5 Å². The van der Waals surface area contributed by atoms with E-state index in [1.807, 2.05) is 0 Å². The molecule has 0 aromatic heterocycles. The van der Waals surface area contributed by atoms with Crippen molar-refractivity contribution in [2.45, 2.75) is 12.7 Å². The average molecular weight is 297 g/mol. The molecular formula is C15H11F4NO. The molecule has 0 aliphatic rings. The Morgan fingerprint density at radius 2 is 1.52 bits per heavy atom. The van der Waals surface area contributed by atoms with Crippen molar-refractivity contribution in [3.8, 4) is 0 Å². The fraction of sp³-hybridized carbons (Fsp3) is 0.133. The van der Waals surface area contributed by atoms with E-state index in [-0.39, 0.29) is 12.1 Å². The van der Waals surface area contributed by atoms with Crippen LogP contribution in [0.1, 0.15) is 21.5 Å². The Morgan fingerprint density at radius 1 is 0.952 bits per heavy atom. The zero-order valence-corrected chi connectivity index (χ0v) is 10.7. The summed E-state index contributed by atoms with van der Waals surface area (Å²) >= 11 is 0. The monoisotopic (exact) mass is 297 g/mol. The van der Waals surface area contributed by atoms with Crippen LogP contribution in [0.5, 0.6) is 0 Å². The van der Waals surface area contributed by atoms with E-state index in [4.69, 9.17) is 0 Å². The van der Waals surface area contributed by atoms with E-state index in [9.17, 15) is 22.4 Å². The van der Waals surface area contributed by atoms with Gasteiger partial charge in [0, 0.05) is 12.1 Å². The molecule has 1 amide bonds. The number of carbonyl (C=O) groups excluding carboxylic acids is 1. The largest absolute Gasteiger partial charge is 0.416 e. The second kappa shape index (κ2) is 5.95. The number of amides is 1. The maximum Gasteiger partial charge on any atom is 0.416 e. The summed E-state index contributed by atoms with van der Waals surface area (Å²) in [5.74, 6) is -0.871. The number of alkyl halides is 3. The summed E-state index contributed by atoms with van der Waals surface area (Å²) < 4.78 is 49.9. The molecule has 0 saturated heterocycles. The highest BCUT2D eigenvalue weighted by atomic mass is 19.4. The Hall–Kier alpha value is -2.37. The first-order chi connectivity index (χ1) is 9.86. The van der Waals surface area contributed by atoms with Gasteiger partial charge < -0.3 is 5.32 Å². The fourth-order valence-corrected chi connectivity index (χ4v) is 1.70. The minimum Gasteiger partial charge on any atom is -0.348 e. The lowest BCUT2D eigenvalue weighted by Crippen LogP contribution is -2.22. The first kappa shape index (κ1) is 15.0. The highest BCUT2D eigenvalue weighted by molar-refractivity contribution is 5.94. The zero-order chi connectivity index (χ0) is 15.5. The number of carbonyl (C=O) groups is 1. The molecule has 21 heavy (non-hydrogen) atoms. The van der Waals surface area contributed by atoms with E-state index < -0.39 is 23.5 Å². The Labute approximate surface area is 118 Å². The number of hydrogen-bond acceptors (Lipinski definition) is 1. The maximum atomic E-state index is 12.7. The van der Waals surface area contributed by atoms with Gasteiger partial charge in [0.15, 0.2) is 0 Å². The lowest BCUT2D eigenvalue weighted by Gasteiger charge is -2.08. The van der Waals surface area contributed by atoms with Crippen LogP contribution in [0.3, 0.4) is 0 Å². The molecule has 110 valence electrons. The van der Waals surface area contributed by atoms with E-state index in [0.717, 1.165) is 24.3 Å². The van der Waals surface area contributed by atoms with Crippen LogP contribution in [-0.2, 0) is 12.7 Å². The minimum absolute atomic E-state index is 0.0916. The molecule has 0 saturated carbocycles. The maximum absolute atomic E-state index is 12.7. The van der Waals surface area contributed by atoms with Crippen molar-refractivity contribution in [3.63, 3.8) is 0 Å². The van der Waals surface area contributed by atoms with Crippen LogP contribution in [0.25, 0.3) is 0 Å². The summed E-state index contributed by atoms with van der Waals surface area (Å²) in [6.07, 6.45) is -4.38. The quantitative estimate of drug-likeness (QED) is 0.858. The van der Waals surface area contributed by atoms with Crippen LogP contribution in [0.4, 0.5) is 17.6 Å². The van der Waals surface area contributed by atoms with Gasteiger partial charge in [0.1, 0.15) is 5.82 Å². The Morgan fingerprint density at radius 3 is 2.05 bits per heavy atom. The van der Waals surface area contributed by atoms with Crippen molar-refractivity contribution in [2.75, 3.05) is 0 Å². The molecule has 0 fully saturated rings. The van der Waals surface area contributed by atoms with E-state index in [1.54, 1.807) is 0 Å². The summed E-state index contributed by atoms with van der Waals surface area (Å²) in [5, 5.41) is 2.55. The van der Waals surface area contributed by atoms with Crippen molar-refractivity contribution in [1.82, 2.24) is 5.32 Å². The fourth-order valence-electron chi connectivity index (χ4n) is 1.70. The molecule has 6 heteroatoms. The number of nitrogens with one attached hydrogen (secondary N) is 1. The first-order valence-electron chi connectivity index (χ1n) is 6.06. The predicted octanol–water partition coefficient (Wildman–Crippen LogP) is 3.77. The van der Waals surface area contributed by atoms with Crippen molar-refractivity contribution < 1.29 is 22.4 Å². The predicted molar refractivity (Wildman–Crippen MR) is 69.0 cm³/mol. The molecule has 1 N–H and O–H groups in total. The van der Waals surface area contributed by atoms with Gasteiger partial charge in [0.05, 0.1) is 5.56 Å². The number of benzene rings is 2. The lowest BCUT2D eigenvalue weighted by molar-refractivity contribution is -0.137. The van der Waals surface area contributed by atoms with Crippen molar-refractivity contribution in [2.24, 2.45) is 0 Å². The Bertz CT molecular complexity index is 618. The van der Waals surface area contributed by atoms with Gasteiger partial charge in [-0.25, -0.2) is 4.39 Å². The van der Waals surface area contributed by atoms with Crippen LogP contribution in [0, 0.1) is 5.82 Å². The van der Waals surface area contributed by atoms with Gasteiger partial charge in [-0.3, -0.25) is 4.79 Å². The molecule has 0 unspecified atom stereocenters. The molecule has 2 nitrogen and oxygen atoms in total. The third kappa shape index (κ3) is 4.05. The molecule has 0 bridgehead atoms. The van der Waals surface area contributed by atoms with E-state index in [1.165, 1.54) is 24.3 Å². The standard InChI is InChI=1S/C15H11F4NO/c16-13-7-3-11(4-8-13)14(21)20-9-10-1-5-12(6-2-10)15(17,18)19/h1-8H,9H2,(H,20,21). The van der Waals surface area contributed by atoms with Gasteiger partial charge in [-0.15, -0.1) is 0 Å². The molecule has 0 aliphatic carbocycles. The third-order valence-corrected chi connectivity index (χ3v) is 2.84. The Balaban J connectivity index is 1.97. The highest BCUT2D eigenvalue weighted by Gasteiger charge is 2.29. The molecule has 0 heterocycles. The van der Waals surface area contributed by atoms with Crippen LogP contribution in [0.2, 0.25) is 0 Å². The number of hydrogen-bond donors (Lipinski definition) is 1. The smallest absolute Gasteiger partial charge is 0.348 e. The molecule has 2 aromatic rings. The summed E-state index contributed by atoms with van der Waals surface area (Å²) in [4.78, 5) is 11.7. The summed E-state index contributed by atoms with van der Waals surface area (Å²) in [5.41, 5.74) is 0.0814. The van der Waals surface area contributed by atoms with E-state index in [2.05, 4.69) is 5.32 Å². The number of rotatable bonds is 3. The molecule has 0 radical (unpaired) electrons. The van der Waals surface area contributed by atoms with Gasteiger partial charge in [-0.1, -0.05) is 12.1 Å². The minimum atomic E-state index is -4.38. The van der Waals surface area contributed by atoms with Gasteiger partial charge in [-0.05, 0) is 42.0 Å². The van der Waals surface area contributed by atoms with Crippen molar-refractivity contribution in [1.29, 1.82) is 0 Å². The highest BCUT2D eigenvalue weighted by Crippen LogP contribution is 2.29. The van der Waals surface area contributed by atoms with Crippen LogP contribution < -0.4 is 5.32 Å². The summed E-state index contributed by atoms with van der Waals surface area (Å²) in [6, 6.07) is 9.50. The van der Waals surface area contributed by atoms with Crippen LogP contribution in [-0.4, -0.2) is 5.91 Å². The van der Waals surface area contributed by atoms with Crippen molar-refractivity contribution >= 4 is 5.91 Å². The van der Waals surface area contributed by atoms with Gasteiger partial charge in [0.2, 0.25) is 0 Å². The Kier molecular flexibility index (Phi) is 4.26. The van der Waals surface area contributed by atoms with E-state index >= 15 is 0 Å². The number of halogens is 4. The van der Waals surface area contributed by atoms with Gasteiger partial charge >= 0.3 is 6.18 Å². The summed E-state index contributed by atoms with van der Waals surface area (Å²) in [6.45, 7) is 0.0916. The average Bonchev–Trinajstić information content (AvgIpc) is 2.45. The topological polar surface area (TPSA) is 29.1 Å². The lowest BCUT2D eigenvalue weighted by atomic mass is 10.1. The zero-order valence-electron chi connectivity index (χ0n) is 10.7. The van der Waals surface area contributed by atoms with E-state index in [0.29, 0.717) is 5.56 Å². The molecule has 0 aliphatic heterocycles. The van der Waals surface area contributed by atoms with Gasteiger partial charge in [-0.2, -0.15) is 13.2 Å². The van der Waals surface area contributed by atoms with Gasteiger partial charge in [0.25, 0.3) is 5.91 Å². The second-order valence-electron chi connectivity index (χ2n) is 4.38. The molecule has 0 atom stereocenters. The molecule has 0 spiro atoms. The second-order valence-corrected chi connectivity index (χ2v) is 4.38. The SMILES string of the molecule is O=C(NCc1ccc(C(F)(F)F)cc1)c1ccc(F)cc1. The first-order valence-corrected chi connectivity index (χ1v) is 6.06. The normalized spacial score (nSPS) is 11.2. The van der Waals surface area contributed by atoms with Crippen molar-refractivity contribution in [3.05, 3.63) is 71.0 Å². The summed E-state index contributed by atoms with van der Waals surface area (Å²) in [7, 11) is 0. The van der Waals surface area contributed by atoms with Crippen LogP contribution >= 0.6 is 0 Å². The molecule has 2 aromatic carbocycles.